The highest BCUT2D eigenvalue weighted by Gasteiger charge is 2.28. The van der Waals surface area contributed by atoms with Gasteiger partial charge in [0.05, 0.1) is 10.5 Å². The van der Waals surface area contributed by atoms with Crippen LogP contribution in [0.2, 0.25) is 0 Å². The molecular formula is C20H28N2O5S. The van der Waals surface area contributed by atoms with Crippen LogP contribution in [0.3, 0.4) is 0 Å². The van der Waals surface area contributed by atoms with E-state index in [4.69, 9.17) is 4.74 Å². The maximum atomic E-state index is 12.5. The summed E-state index contributed by atoms with van der Waals surface area (Å²) in [6, 6.07) is 5.83. The van der Waals surface area contributed by atoms with Crippen LogP contribution in [0.15, 0.2) is 29.2 Å². The summed E-state index contributed by atoms with van der Waals surface area (Å²) in [4.78, 5) is 26.6. The predicted octanol–water partition coefficient (Wildman–Crippen LogP) is 2.47. The highest BCUT2D eigenvalue weighted by Crippen LogP contribution is 2.23. The molecule has 2 aliphatic carbocycles. The van der Waals surface area contributed by atoms with Crippen molar-refractivity contribution in [3.05, 3.63) is 29.8 Å². The quantitative estimate of drug-likeness (QED) is 0.667. The Morgan fingerprint density at radius 2 is 1.71 bits per heavy atom. The van der Waals surface area contributed by atoms with E-state index < -0.39 is 16.0 Å². The van der Waals surface area contributed by atoms with E-state index in [2.05, 4.69) is 4.72 Å². The number of ether oxygens (including phenoxy) is 1. The molecule has 1 N–H and O–H groups in total. The van der Waals surface area contributed by atoms with Crippen molar-refractivity contribution < 1.29 is 22.7 Å². The molecule has 0 spiro atoms. The fourth-order valence-electron chi connectivity index (χ4n) is 3.58. The minimum atomic E-state index is -3.56. The van der Waals surface area contributed by atoms with Crippen molar-refractivity contribution in [1.29, 1.82) is 0 Å². The molecule has 0 radical (unpaired) electrons. The molecule has 3 rings (SSSR count). The standard InChI is InChI=1S/C20H28N2O5S/c1-2-22(17-6-4-3-5-7-17)19(23)14-27-20(24)15-8-12-18(13-9-15)28(25,26)21-16-10-11-16/h8-9,12-13,16-17,21H,2-7,10-11,14H2,1H3. The first-order chi connectivity index (χ1) is 13.4. The number of hydrogen-bond donors (Lipinski definition) is 1. The van der Waals surface area contributed by atoms with Gasteiger partial charge in [0.15, 0.2) is 6.61 Å². The first-order valence-corrected chi connectivity index (χ1v) is 11.5. The van der Waals surface area contributed by atoms with Crippen LogP contribution >= 0.6 is 0 Å². The van der Waals surface area contributed by atoms with Gasteiger partial charge in [-0.25, -0.2) is 17.9 Å². The average Bonchev–Trinajstić information content (AvgIpc) is 3.51. The van der Waals surface area contributed by atoms with Gasteiger partial charge in [0.2, 0.25) is 10.0 Å². The molecule has 0 saturated heterocycles. The molecular weight excluding hydrogens is 380 g/mol. The van der Waals surface area contributed by atoms with Crippen LogP contribution in [0.5, 0.6) is 0 Å². The van der Waals surface area contributed by atoms with Gasteiger partial charge < -0.3 is 9.64 Å². The van der Waals surface area contributed by atoms with Gasteiger partial charge in [0.25, 0.3) is 5.91 Å². The summed E-state index contributed by atoms with van der Waals surface area (Å²) in [7, 11) is -3.56. The summed E-state index contributed by atoms with van der Waals surface area (Å²) in [5, 5.41) is 0. The van der Waals surface area contributed by atoms with Gasteiger partial charge in [0, 0.05) is 18.6 Å². The number of nitrogens with zero attached hydrogens (tertiary/aromatic N) is 1. The fourth-order valence-corrected chi connectivity index (χ4v) is 4.89. The first kappa shape index (κ1) is 20.8. The van der Waals surface area contributed by atoms with Gasteiger partial charge in [0.1, 0.15) is 0 Å². The molecule has 2 fully saturated rings. The summed E-state index contributed by atoms with van der Waals surface area (Å²) < 4.78 is 32.1. The van der Waals surface area contributed by atoms with Crippen LogP contribution in [-0.4, -0.2) is 50.4 Å². The molecule has 1 aromatic rings. The normalized spacial score (nSPS) is 17.9. The maximum absolute atomic E-state index is 12.5. The predicted molar refractivity (Wildman–Crippen MR) is 104 cm³/mol. The molecule has 0 bridgehead atoms. The number of likely N-dealkylation sites (N-methyl/N-ethyl adjacent to an activating group) is 1. The molecule has 0 heterocycles. The van der Waals surface area contributed by atoms with Gasteiger partial charge in [-0.1, -0.05) is 19.3 Å². The third kappa shape index (κ3) is 5.32. The third-order valence-electron chi connectivity index (χ3n) is 5.30. The van der Waals surface area contributed by atoms with Crippen molar-refractivity contribution in [3.63, 3.8) is 0 Å². The Morgan fingerprint density at radius 1 is 1.07 bits per heavy atom. The minimum absolute atomic E-state index is 0.0197. The van der Waals surface area contributed by atoms with Gasteiger partial charge in [-0.05, 0) is 56.9 Å². The molecule has 2 aliphatic rings. The van der Waals surface area contributed by atoms with E-state index in [1.807, 2.05) is 6.92 Å². The Labute approximate surface area is 166 Å². The van der Waals surface area contributed by atoms with Crippen molar-refractivity contribution in [2.75, 3.05) is 13.2 Å². The summed E-state index contributed by atoms with van der Waals surface area (Å²) in [6.07, 6.45) is 7.16. The highest BCUT2D eigenvalue weighted by molar-refractivity contribution is 7.89. The number of sulfonamides is 1. The first-order valence-electron chi connectivity index (χ1n) is 9.99. The second-order valence-corrected chi connectivity index (χ2v) is 9.18. The largest absolute Gasteiger partial charge is 0.452 e. The molecule has 1 amide bonds. The summed E-state index contributed by atoms with van der Waals surface area (Å²) in [5.74, 6) is -0.817. The Morgan fingerprint density at radius 3 is 2.29 bits per heavy atom. The molecule has 2 saturated carbocycles. The summed E-state index contributed by atoms with van der Waals surface area (Å²) in [5.41, 5.74) is 0.221. The molecule has 0 aliphatic heterocycles. The van der Waals surface area contributed by atoms with Crippen LogP contribution < -0.4 is 4.72 Å². The Kier molecular flexibility index (Phi) is 6.72. The lowest BCUT2D eigenvalue weighted by Crippen LogP contribution is -2.43. The number of nitrogens with one attached hydrogen (secondary N) is 1. The van der Waals surface area contributed by atoms with Crippen molar-refractivity contribution in [2.24, 2.45) is 0 Å². The molecule has 154 valence electrons. The SMILES string of the molecule is CCN(C(=O)COC(=O)c1ccc(S(=O)(=O)NC2CC2)cc1)C1CCCCC1. The molecule has 0 aromatic heterocycles. The zero-order chi connectivity index (χ0) is 20.1. The van der Waals surface area contributed by atoms with Crippen molar-refractivity contribution >= 4 is 21.9 Å². The number of rotatable bonds is 8. The van der Waals surface area contributed by atoms with Gasteiger partial charge >= 0.3 is 5.97 Å². The zero-order valence-corrected chi connectivity index (χ0v) is 17.0. The number of carbonyl (C=O) groups is 2. The number of carbonyl (C=O) groups excluding carboxylic acids is 2. The van der Waals surface area contributed by atoms with Crippen molar-refractivity contribution in [1.82, 2.24) is 9.62 Å². The monoisotopic (exact) mass is 408 g/mol. The molecule has 7 nitrogen and oxygen atoms in total. The van der Waals surface area contributed by atoms with E-state index in [9.17, 15) is 18.0 Å². The number of esters is 1. The van der Waals surface area contributed by atoms with Gasteiger partial charge in [-0.3, -0.25) is 4.79 Å². The minimum Gasteiger partial charge on any atom is -0.452 e. The Balaban J connectivity index is 1.54. The van der Waals surface area contributed by atoms with Crippen molar-refractivity contribution in [2.45, 2.75) is 68.8 Å². The highest BCUT2D eigenvalue weighted by atomic mass is 32.2. The lowest BCUT2D eigenvalue weighted by atomic mass is 9.94. The van der Waals surface area contributed by atoms with E-state index in [-0.39, 0.29) is 35.1 Å². The lowest BCUT2D eigenvalue weighted by molar-refractivity contribution is -0.137. The number of benzene rings is 1. The molecule has 28 heavy (non-hydrogen) atoms. The molecule has 0 atom stereocenters. The second kappa shape index (κ2) is 9.05. The summed E-state index contributed by atoms with van der Waals surface area (Å²) >= 11 is 0. The molecule has 8 heteroatoms. The fraction of sp³-hybridized carbons (Fsp3) is 0.600. The lowest BCUT2D eigenvalue weighted by Gasteiger charge is -2.33. The molecule has 1 aromatic carbocycles. The smallest absolute Gasteiger partial charge is 0.338 e. The summed E-state index contributed by atoms with van der Waals surface area (Å²) in [6.45, 7) is 2.23. The van der Waals surface area contributed by atoms with Crippen LogP contribution in [0.4, 0.5) is 0 Å². The zero-order valence-electron chi connectivity index (χ0n) is 16.2. The van der Waals surface area contributed by atoms with E-state index in [0.29, 0.717) is 6.54 Å². The second-order valence-electron chi connectivity index (χ2n) is 7.47. The Bertz CT molecular complexity index is 796. The van der Waals surface area contributed by atoms with Crippen LogP contribution in [0.1, 0.15) is 62.2 Å². The van der Waals surface area contributed by atoms with Crippen molar-refractivity contribution in [3.8, 4) is 0 Å². The van der Waals surface area contributed by atoms with E-state index >= 15 is 0 Å². The van der Waals surface area contributed by atoms with E-state index in [1.54, 1.807) is 4.90 Å². The Hall–Kier alpha value is -1.93. The number of amides is 1. The maximum Gasteiger partial charge on any atom is 0.338 e. The van der Waals surface area contributed by atoms with Crippen LogP contribution in [0, 0.1) is 0 Å². The third-order valence-corrected chi connectivity index (χ3v) is 6.84. The van der Waals surface area contributed by atoms with E-state index in [0.717, 1.165) is 38.5 Å². The van der Waals surface area contributed by atoms with Crippen LogP contribution in [0.25, 0.3) is 0 Å². The van der Waals surface area contributed by atoms with Crippen LogP contribution in [-0.2, 0) is 19.6 Å². The van der Waals surface area contributed by atoms with Gasteiger partial charge in [-0.15, -0.1) is 0 Å². The van der Waals surface area contributed by atoms with Gasteiger partial charge in [-0.2, -0.15) is 0 Å². The topological polar surface area (TPSA) is 92.8 Å². The van der Waals surface area contributed by atoms with E-state index in [1.165, 1.54) is 30.7 Å². The average molecular weight is 409 g/mol. The number of hydrogen-bond acceptors (Lipinski definition) is 5. The molecule has 0 unspecified atom stereocenters.